The van der Waals surface area contributed by atoms with Crippen molar-refractivity contribution in [3.8, 4) is 5.75 Å². The molecule has 7 heteroatoms. The predicted molar refractivity (Wildman–Crippen MR) is 98.0 cm³/mol. The quantitative estimate of drug-likeness (QED) is 0.752. The highest BCUT2D eigenvalue weighted by Gasteiger charge is 2.29. The highest BCUT2D eigenvalue weighted by molar-refractivity contribution is 7.92. The number of esters is 1. The van der Waals surface area contributed by atoms with Gasteiger partial charge in [0.05, 0.1) is 17.7 Å². The average molecular weight is 375 g/mol. The molecule has 26 heavy (non-hydrogen) atoms. The number of nitrogens with zero attached hydrogens (tertiary/aromatic N) is 1. The van der Waals surface area contributed by atoms with E-state index in [9.17, 15) is 13.2 Å². The van der Waals surface area contributed by atoms with Gasteiger partial charge in [0.1, 0.15) is 5.75 Å². The maximum absolute atomic E-state index is 13.1. The molecule has 0 spiro atoms. The number of para-hydroxylation sites is 1. The van der Waals surface area contributed by atoms with E-state index in [0.29, 0.717) is 17.9 Å². The van der Waals surface area contributed by atoms with Gasteiger partial charge in [-0.1, -0.05) is 18.2 Å². The van der Waals surface area contributed by atoms with Crippen LogP contribution in [0.5, 0.6) is 5.75 Å². The Morgan fingerprint density at radius 1 is 1.19 bits per heavy atom. The number of carbonyl (C=O) groups is 1. The number of sulfonamides is 1. The van der Waals surface area contributed by atoms with Crippen LogP contribution in [0.2, 0.25) is 0 Å². The number of anilines is 1. The van der Waals surface area contributed by atoms with Crippen LogP contribution in [0.25, 0.3) is 0 Å². The number of hydrogen-bond donors (Lipinski definition) is 0. The molecular weight excluding hydrogens is 354 g/mol. The van der Waals surface area contributed by atoms with Crippen molar-refractivity contribution < 1.29 is 22.7 Å². The Hall–Kier alpha value is -2.54. The Balaban J connectivity index is 1.89. The number of rotatable bonds is 5. The average Bonchev–Trinajstić information content (AvgIpc) is 2.66. The topological polar surface area (TPSA) is 72.9 Å². The van der Waals surface area contributed by atoms with E-state index in [1.165, 1.54) is 17.5 Å². The van der Waals surface area contributed by atoms with E-state index < -0.39 is 16.0 Å². The molecule has 138 valence electrons. The zero-order chi connectivity index (χ0) is 18.7. The van der Waals surface area contributed by atoms with Gasteiger partial charge in [0.2, 0.25) is 0 Å². The standard InChI is InChI=1S/C19H21NO5S/c1-14-12-16(9-10-18(14)25-13-19(21)24-2)26(22,23)20-11-5-7-15-6-3-4-8-17(15)20/h3-4,6,8-10,12H,5,7,11,13H2,1-2H3. The first kappa shape index (κ1) is 18.3. The molecule has 2 aromatic rings. The van der Waals surface area contributed by atoms with Crippen molar-refractivity contribution >= 4 is 21.7 Å². The SMILES string of the molecule is COC(=O)COc1ccc(S(=O)(=O)N2CCCc3ccccc32)cc1C. The van der Waals surface area contributed by atoms with Gasteiger partial charge in [0.25, 0.3) is 10.0 Å². The Kier molecular flexibility index (Phi) is 5.18. The van der Waals surface area contributed by atoms with Gasteiger partial charge in [0.15, 0.2) is 6.61 Å². The number of fused-ring (bicyclic) bond motifs is 1. The monoisotopic (exact) mass is 375 g/mol. The summed E-state index contributed by atoms with van der Waals surface area (Å²) in [6.45, 7) is 1.98. The predicted octanol–water partition coefficient (Wildman–Crippen LogP) is 2.69. The van der Waals surface area contributed by atoms with Crippen molar-refractivity contribution in [2.75, 3.05) is 24.6 Å². The molecule has 2 aromatic carbocycles. The normalized spacial score (nSPS) is 13.8. The van der Waals surface area contributed by atoms with Crippen molar-refractivity contribution in [1.82, 2.24) is 0 Å². The highest BCUT2D eigenvalue weighted by Crippen LogP contribution is 2.33. The number of benzene rings is 2. The summed E-state index contributed by atoms with van der Waals surface area (Å²) in [5, 5.41) is 0. The maximum Gasteiger partial charge on any atom is 0.343 e. The van der Waals surface area contributed by atoms with Crippen LogP contribution in [0, 0.1) is 6.92 Å². The minimum atomic E-state index is -3.66. The van der Waals surface area contributed by atoms with Gasteiger partial charge in [-0.3, -0.25) is 4.31 Å². The van der Waals surface area contributed by atoms with Crippen molar-refractivity contribution in [2.24, 2.45) is 0 Å². The Morgan fingerprint density at radius 2 is 1.96 bits per heavy atom. The van der Waals surface area contributed by atoms with Crippen LogP contribution in [-0.4, -0.2) is 34.6 Å². The molecule has 0 unspecified atom stereocenters. The summed E-state index contributed by atoms with van der Waals surface area (Å²) in [4.78, 5) is 11.4. The van der Waals surface area contributed by atoms with Crippen molar-refractivity contribution in [3.63, 3.8) is 0 Å². The zero-order valence-electron chi connectivity index (χ0n) is 14.8. The lowest BCUT2D eigenvalue weighted by Gasteiger charge is -2.30. The largest absolute Gasteiger partial charge is 0.482 e. The minimum Gasteiger partial charge on any atom is -0.482 e. The minimum absolute atomic E-state index is 0.206. The third-order valence-corrected chi connectivity index (χ3v) is 6.18. The molecule has 1 aliphatic rings. The van der Waals surface area contributed by atoms with Gasteiger partial charge in [-0.15, -0.1) is 0 Å². The van der Waals surface area contributed by atoms with Gasteiger partial charge in [-0.05, 0) is 55.2 Å². The van der Waals surface area contributed by atoms with E-state index in [1.54, 1.807) is 19.1 Å². The van der Waals surface area contributed by atoms with Gasteiger partial charge in [0, 0.05) is 6.54 Å². The number of methoxy groups -OCH3 is 1. The molecule has 6 nitrogen and oxygen atoms in total. The molecule has 0 amide bonds. The lowest BCUT2D eigenvalue weighted by molar-refractivity contribution is -0.142. The third kappa shape index (κ3) is 3.53. The van der Waals surface area contributed by atoms with E-state index in [1.807, 2.05) is 24.3 Å². The summed E-state index contributed by atoms with van der Waals surface area (Å²) in [5.41, 5.74) is 2.42. The van der Waals surface area contributed by atoms with E-state index in [0.717, 1.165) is 24.1 Å². The molecule has 1 heterocycles. The molecule has 0 saturated carbocycles. The smallest absolute Gasteiger partial charge is 0.343 e. The fourth-order valence-electron chi connectivity index (χ4n) is 3.02. The molecule has 3 rings (SSSR count). The van der Waals surface area contributed by atoms with Gasteiger partial charge < -0.3 is 9.47 Å². The van der Waals surface area contributed by atoms with Gasteiger partial charge in [-0.25, -0.2) is 13.2 Å². The van der Waals surface area contributed by atoms with Crippen LogP contribution in [0.15, 0.2) is 47.4 Å². The van der Waals surface area contributed by atoms with Crippen LogP contribution < -0.4 is 9.04 Å². The lowest BCUT2D eigenvalue weighted by atomic mass is 10.0. The number of carbonyl (C=O) groups excluding carboxylic acids is 1. The maximum atomic E-state index is 13.1. The second kappa shape index (κ2) is 7.37. The Bertz CT molecular complexity index is 923. The van der Waals surface area contributed by atoms with Crippen LogP contribution >= 0.6 is 0 Å². The summed E-state index contributed by atoms with van der Waals surface area (Å²) in [7, 11) is -2.38. The summed E-state index contributed by atoms with van der Waals surface area (Å²) >= 11 is 0. The van der Waals surface area contributed by atoms with E-state index >= 15 is 0 Å². The van der Waals surface area contributed by atoms with Gasteiger partial charge >= 0.3 is 5.97 Å². The lowest BCUT2D eigenvalue weighted by Crippen LogP contribution is -2.35. The second-order valence-corrected chi connectivity index (χ2v) is 7.96. The fourth-order valence-corrected chi connectivity index (χ4v) is 4.64. The first-order valence-corrected chi connectivity index (χ1v) is 9.78. The molecule has 0 N–H and O–H groups in total. The summed E-state index contributed by atoms with van der Waals surface area (Å²) in [5.74, 6) is -0.0422. The molecule has 1 aliphatic heterocycles. The molecule has 0 atom stereocenters. The first-order valence-electron chi connectivity index (χ1n) is 8.34. The summed E-state index contributed by atoms with van der Waals surface area (Å²) in [6, 6.07) is 12.2. The van der Waals surface area contributed by atoms with E-state index in [-0.39, 0.29) is 11.5 Å². The summed E-state index contributed by atoms with van der Waals surface area (Å²) < 4.78 is 37.7. The van der Waals surface area contributed by atoms with Crippen molar-refractivity contribution in [1.29, 1.82) is 0 Å². The Labute approximate surface area is 153 Å². The van der Waals surface area contributed by atoms with Crippen molar-refractivity contribution in [3.05, 3.63) is 53.6 Å². The number of hydrogen-bond acceptors (Lipinski definition) is 5. The summed E-state index contributed by atoms with van der Waals surface area (Å²) in [6.07, 6.45) is 1.66. The molecular formula is C19H21NO5S. The molecule has 0 radical (unpaired) electrons. The highest BCUT2D eigenvalue weighted by atomic mass is 32.2. The van der Waals surface area contributed by atoms with Gasteiger partial charge in [-0.2, -0.15) is 0 Å². The van der Waals surface area contributed by atoms with Crippen LogP contribution in [0.4, 0.5) is 5.69 Å². The van der Waals surface area contributed by atoms with Crippen LogP contribution in [0.3, 0.4) is 0 Å². The first-order chi connectivity index (χ1) is 12.4. The van der Waals surface area contributed by atoms with E-state index in [4.69, 9.17) is 4.74 Å². The van der Waals surface area contributed by atoms with Crippen LogP contribution in [0.1, 0.15) is 17.5 Å². The molecule has 0 fully saturated rings. The third-order valence-electron chi connectivity index (χ3n) is 4.38. The Morgan fingerprint density at radius 3 is 2.69 bits per heavy atom. The zero-order valence-corrected chi connectivity index (χ0v) is 15.6. The number of aryl methyl sites for hydroxylation is 2. The van der Waals surface area contributed by atoms with E-state index in [2.05, 4.69) is 4.74 Å². The molecule has 0 aromatic heterocycles. The van der Waals surface area contributed by atoms with Crippen LogP contribution in [-0.2, 0) is 26.0 Å². The fraction of sp³-hybridized carbons (Fsp3) is 0.316. The molecule has 0 aliphatic carbocycles. The molecule has 0 saturated heterocycles. The second-order valence-electron chi connectivity index (χ2n) is 6.10. The van der Waals surface area contributed by atoms with Crippen molar-refractivity contribution in [2.45, 2.75) is 24.7 Å². The molecule has 0 bridgehead atoms. The number of ether oxygens (including phenoxy) is 2.